The van der Waals surface area contributed by atoms with Crippen molar-refractivity contribution in [3.63, 3.8) is 0 Å². The summed E-state index contributed by atoms with van der Waals surface area (Å²) < 4.78 is 0. The van der Waals surface area contributed by atoms with Gasteiger partial charge in [0.15, 0.2) is 5.11 Å². The lowest BCUT2D eigenvalue weighted by Gasteiger charge is -2.20. The van der Waals surface area contributed by atoms with E-state index in [2.05, 4.69) is 16.7 Å². The molecule has 0 amide bonds. The fourth-order valence-electron chi connectivity index (χ4n) is 2.32. The van der Waals surface area contributed by atoms with Crippen LogP contribution in [0.1, 0.15) is 29.7 Å². The lowest BCUT2D eigenvalue weighted by atomic mass is 10.1. The first-order valence-electron chi connectivity index (χ1n) is 6.97. The molecule has 2 aromatic carbocycles. The predicted molar refractivity (Wildman–Crippen MR) is 100 cm³/mol. The van der Waals surface area contributed by atoms with Gasteiger partial charge in [-0.15, -0.1) is 0 Å². The van der Waals surface area contributed by atoms with E-state index in [1.165, 1.54) is 0 Å². The Balaban J connectivity index is 2.09. The molecule has 116 valence electrons. The molecular weight excluding hydrogens is 335 g/mol. The van der Waals surface area contributed by atoms with Crippen molar-refractivity contribution in [2.75, 3.05) is 5.32 Å². The van der Waals surface area contributed by atoms with Gasteiger partial charge in [-0.1, -0.05) is 47.5 Å². The fourth-order valence-corrected chi connectivity index (χ4v) is 3.27. The highest BCUT2D eigenvalue weighted by molar-refractivity contribution is 7.80. The Kier molecular flexibility index (Phi) is 5.68. The molecular formula is C17H18Cl2N2S. The third-order valence-corrected chi connectivity index (χ3v) is 4.25. The highest BCUT2D eigenvalue weighted by Gasteiger charge is 2.12. The predicted octanol–water partition coefficient (Wildman–Crippen LogP) is 5.66. The number of hydrogen-bond donors (Lipinski definition) is 2. The monoisotopic (exact) mass is 352 g/mol. The van der Waals surface area contributed by atoms with Crippen molar-refractivity contribution in [1.29, 1.82) is 0 Å². The van der Waals surface area contributed by atoms with E-state index in [0.29, 0.717) is 10.1 Å². The maximum atomic E-state index is 6.29. The summed E-state index contributed by atoms with van der Waals surface area (Å²) in [6, 6.07) is 11.7. The summed E-state index contributed by atoms with van der Waals surface area (Å²) in [5.74, 6) is 0. The maximum Gasteiger partial charge on any atom is 0.171 e. The average Bonchev–Trinajstić information content (AvgIpc) is 2.43. The van der Waals surface area contributed by atoms with Gasteiger partial charge in [0.05, 0.1) is 16.8 Å². The molecule has 0 aliphatic rings. The van der Waals surface area contributed by atoms with Crippen LogP contribution in [0.5, 0.6) is 0 Å². The van der Waals surface area contributed by atoms with E-state index >= 15 is 0 Å². The first-order chi connectivity index (χ1) is 10.4. The van der Waals surface area contributed by atoms with Gasteiger partial charge in [0.1, 0.15) is 0 Å². The van der Waals surface area contributed by atoms with Gasteiger partial charge in [-0.25, -0.2) is 0 Å². The standard InChI is InChI=1S/C17H18Cl2N2S/c1-10-8-11(2)16(15(19)9-10)21-17(22)20-12(3)13-6-4-5-7-14(13)18/h4-9,12H,1-3H3,(H2,20,21,22)/t12-/m1/s1. The summed E-state index contributed by atoms with van der Waals surface area (Å²) in [4.78, 5) is 0. The molecule has 0 aliphatic heterocycles. The van der Waals surface area contributed by atoms with E-state index in [-0.39, 0.29) is 6.04 Å². The van der Waals surface area contributed by atoms with Gasteiger partial charge in [-0.05, 0) is 61.8 Å². The quantitative estimate of drug-likeness (QED) is 0.697. The summed E-state index contributed by atoms with van der Waals surface area (Å²) in [7, 11) is 0. The second-order valence-electron chi connectivity index (χ2n) is 5.28. The number of benzene rings is 2. The molecule has 22 heavy (non-hydrogen) atoms. The number of halogens is 2. The van der Waals surface area contributed by atoms with Crippen LogP contribution < -0.4 is 10.6 Å². The van der Waals surface area contributed by atoms with Crippen LogP contribution in [0.4, 0.5) is 5.69 Å². The van der Waals surface area contributed by atoms with Crippen LogP contribution in [0.25, 0.3) is 0 Å². The summed E-state index contributed by atoms with van der Waals surface area (Å²) >= 11 is 17.9. The second-order valence-corrected chi connectivity index (χ2v) is 6.50. The Labute approximate surface area is 146 Å². The van der Waals surface area contributed by atoms with Crippen molar-refractivity contribution in [3.8, 4) is 0 Å². The van der Waals surface area contributed by atoms with E-state index in [1.807, 2.05) is 51.1 Å². The van der Waals surface area contributed by atoms with Crippen molar-refractivity contribution in [2.45, 2.75) is 26.8 Å². The lowest BCUT2D eigenvalue weighted by molar-refractivity contribution is 0.723. The van der Waals surface area contributed by atoms with E-state index in [9.17, 15) is 0 Å². The minimum atomic E-state index is -0.00164. The third kappa shape index (κ3) is 4.13. The zero-order chi connectivity index (χ0) is 16.3. The molecule has 0 bridgehead atoms. The summed E-state index contributed by atoms with van der Waals surface area (Å²) in [5.41, 5.74) is 4.01. The first-order valence-corrected chi connectivity index (χ1v) is 8.13. The molecule has 0 aliphatic carbocycles. The van der Waals surface area contributed by atoms with Crippen molar-refractivity contribution in [1.82, 2.24) is 5.32 Å². The maximum absolute atomic E-state index is 6.29. The van der Waals surface area contributed by atoms with Gasteiger partial charge in [-0.3, -0.25) is 0 Å². The SMILES string of the molecule is Cc1cc(C)c(NC(=S)N[C@H](C)c2ccccc2Cl)c(Cl)c1. The van der Waals surface area contributed by atoms with Crippen LogP contribution in [-0.4, -0.2) is 5.11 Å². The molecule has 1 atom stereocenters. The zero-order valence-electron chi connectivity index (χ0n) is 12.7. The van der Waals surface area contributed by atoms with E-state index < -0.39 is 0 Å². The van der Waals surface area contributed by atoms with Crippen LogP contribution in [0.2, 0.25) is 10.0 Å². The van der Waals surface area contributed by atoms with Gasteiger partial charge in [0, 0.05) is 5.02 Å². The van der Waals surface area contributed by atoms with E-state index in [0.717, 1.165) is 27.4 Å². The zero-order valence-corrected chi connectivity index (χ0v) is 15.0. The minimum absolute atomic E-state index is 0.00164. The minimum Gasteiger partial charge on any atom is -0.356 e. The number of hydrogen-bond acceptors (Lipinski definition) is 1. The molecule has 2 rings (SSSR count). The molecule has 0 saturated carbocycles. The van der Waals surface area contributed by atoms with Gasteiger partial charge in [-0.2, -0.15) is 0 Å². The molecule has 0 aromatic heterocycles. The van der Waals surface area contributed by atoms with Gasteiger partial charge in [0.25, 0.3) is 0 Å². The van der Waals surface area contributed by atoms with Crippen LogP contribution in [0.3, 0.4) is 0 Å². The van der Waals surface area contributed by atoms with E-state index in [1.54, 1.807) is 0 Å². The molecule has 0 spiro atoms. The van der Waals surface area contributed by atoms with Crippen molar-refractivity contribution < 1.29 is 0 Å². The van der Waals surface area contributed by atoms with Crippen LogP contribution in [-0.2, 0) is 0 Å². The molecule has 0 fully saturated rings. The van der Waals surface area contributed by atoms with E-state index in [4.69, 9.17) is 35.4 Å². The Morgan fingerprint density at radius 3 is 2.41 bits per heavy atom. The van der Waals surface area contributed by atoms with Crippen LogP contribution >= 0.6 is 35.4 Å². The Bertz CT molecular complexity index is 678. The third-order valence-electron chi connectivity index (χ3n) is 3.39. The van der Waals surface area contributed by atoms with Gasteiger partial charge >= 0.3 is 0 Å². The smallest absolute Gasteiger partial charge is 0.171 e. The number of thiocarbonyl (C=S) groups is 1. The van der Waals surface area contributed by atoms with Crippen molar-refractivity contribution in [2.24, 2.45) is 0 Å². The molecule has 2 aromatic rings. The average molecular weight is 353 g/mol. The Morgan fingerprint density at radius 1 is 1.09 bits per heavy atom. The lowest BCUT2D eigenvalue weighted by Crippen LogP contribution is -2.31. The number of rotatable bonds is 3. The topological polar surface area (TPSA) is 24.1 Å². The van der Waals surface area contributed by atoms with Gasteiger partial charge in [0.2, 0.25) is 0 Å². The number of anilines is 1. The molecule has 2 N–H and O–H groups in total. The molecule has 2 nitrogen and oxygen atoms in total. The Hall–Kier alpha value is -1.29. The first kappa shape index (κ1) is 17.1. The normalized spacial score (nSPS) is 11.9. The fraction of sp³-hybridized carbons (Fsp3) is 0.235. The second kappa shape index (κ2) is 7.32. The van der Waals surface area contributed by atoms with Crippen molar-refractivity contribution in [3.05, 3.63) is 63.1 Å². The summed E-state index contributed by atoms with van der Waals surface area (Å²) in [6.45, 7) is 6.03. The van der Waals surface area contributed by atoms with Crippen LogP contribution in [0.15, 0.2) is 36.4 Å². The Morgan fingerprint density at radius 2 is 1.77 bits per heavy atom. The molecule has 0 unspecified atom stereocenters. The molecule has 5 heteroatoms. The van der Waals surface area contributed by atoms with Crippen molar-refractivity contribution >= 4 is 46.2 Å². The largest absolute Gasteiger partial charge is 0.356 e. The molecule has 0 radical (unpaired) electrons. The highest BCUT2D eigenvalue weighted by atomic mass is 35.5. The van der Waals surface area contributed by atoms with Crippen LogP contribution in [0, 0.1) is 13.8 Å². The molecule has 0 saturated heterocycles. The highest BCUT2D eigenvalue weighted by Crippen LogP contribution is 2.28. The van der Waals surface area contributed by atoms with Gasteiger partial charge < -0.3 is 10.6 Å². The molecule has 0 heterocycles. The number of nitrogens with one attached hydrogen (secondary N) is 2. The number of aryl methyl sites for hydroxylation is 2. The summed E-state index contributed by atoms with van der Waals surface area (Å²) in [6.07, 6.45) is 0. The summed E-state index contributed by atoms with van der Waals surface area (Å²) in [5, 5.41) is 8.29.